The van der Waals surface area contributed by atoms with E-state index in [1.165, 1.54) is 30.3 Å². The summed E-state index contributed by atoms with van der Waals surface area (Å²) >= 11 is 0. The van der Waals surface area contributed by atoms with Gasteiger partial charge in [0.1, 0.15) is 11.6 Å². The summed E-state index contributed by atoms with van der Waals surface area (Å²) in [6.07, 6.45) is 1.76. The second kappa shape index (κ2) is 14.2. The van der Waals surface area contributed by atoms with Crippen molar-refractivity contribution in [3.05, 3.63) is 65.2 Å². The zero-order valence-corrected chi connectivity index (χ0v) is 26.5. The van der Waals surface area contributed by atoms with E-state index in [1.807, 2.05) is 6.92 Å². The van der Waals surface area contributed by atoms with Crippen LogP contribution in [-0.4, -0.2) is 81.5 Å². The van der Waals surface area contributed by atoms with Gasteiger partial charge in [-0.3, -0.25) is 4.79 Å². The average Bonchev–Trinajstić information content (AvgIpc) is 3.89. The van der Waals surface area contributed by atoms with Gasteiger partial charge in [0.05, 0.1) is 24.1 Å². The van der Waals surface area contributed by atoms with E-state index < -0.39 is 51.7 Å². The maximum absolute atomic E-state index is 15.6. The Hall–Kier alpha value is -2.97. The fourth-order valence-electron chi connectivity index (χ4n) is 6.77. The molecule has 2 aromatic carbocycles. The SMILES string of the molecule is COC(=O)N(C(=O)[C@@H](N)[C@@H](c1ccc(F)cc1)C1CCOCC1)c1cccc(F)c1CC[C@H]1CNC[C@H](C)N1S(=O)(=O)C1CC1. The maximum Gasteiger partial charge on any atom is 0.420 e. The Balaban J connectivity index is 1.46. The number of nitrogens with two attached hydrogens (primary N) is 1. The number of hydrogen-bond acceptors (Lipinski definition) is 8. The van der Waals surface area contributed by atoms with Crippen LogP contribution >= 0.6 is 0 Å². The van der Waals surface area contributed by atoms with Crippen LogP contribution in [-0.2, 0) is 30.7 Å². The first-order chi connectivity index (χ1) is 21.5. The predicted octanol–water partition coefficient (Wildman–Crippen LogP) is 3.69. The number of anilines is 1. The van der Waals surface area contributed by atoms with Crippen LogP contribution in [0.5, 0.6) is 0 Å². The van der Waals surface area contributed by atoms with Gasteiger partial charge >= 0.3 is 6.09 Å². The van der Waals surface area contributed by atoms with Crippen LogP contribution in [0.25, 0.3) is 0 Å². The highest BCUT2D eigenvalue weighted by Gasteiger charge is 2.46. The molecule has 1 aliphatic carbocycles. The molecule has 5 rings (SSSR count). The van der Waals surface area contributed by atoms with Crippen LogP contribution in [0.2, 0.25) is 0 Å². The van der Waals surface area contributed by atoms with Crippen LogP contribution < -0.4 is 16.0 Å². The summed E-state index contributed by atoms with van der Waals surface area (Å²) in [5.41, 5.74) is 7.39. The van der Waals surface area contributed by atoms with Gasteiger partial charge in [-0.15, -0.1) is 0 Å². The Morgan fingerprint density at radius 1 is 1.09 bits per heavy atom. The van der Waals surface area contributed by atoms with Gasteiger partial charge in [0.2, 0.25) is 10.0 Å². The van der Waals surface area contributed by atoms with Crippen molar-refractivity contribution < 1.29 is 36.3 Å². The molecule has 0 spiro atoms. The molecule has 2 saturated heterocycles. The molecule has 1 saturated carbocycles. The number of hydrogen-bond donors (Lipinski definition) is 2. The molecule has 2 aromatic rings. The number of imide groups is 1. The topological polar surface area (TPSA) is 131 Å². The summed E-state index contributed by atoms with van der Waals surface area (Å²) in [5, 5.41) is 2.88. The van der Waals surface area contributed by atoms with Gasteiger partial charge in [0, 0.05) is 49.9 Å². The number of benzene rings is 2. The van der Waals surface area contributed by atoms with Crippen molar-refractivity contribution >= 4 is 27.7 Å². The van der Waals surface area contributed by atoms with Crippen molar-refractivity contribution in [3.8, 4) is 0 Å². The third kappa shape index (κ3) is 7.22. The van der Waals surface area contributed by atoms with Crippen LogP contribution in [0.3, 0.4) is 0 Å². The highest BCUT2D eigenvalue weighted by molar-refractivity contribution is 7.90. The number of sulfonamides is 1. The van der Waals surface area contributed by atoms with E-state index in [-0.39, 0.29) is 41.3 Å². The number of nitrogens with zero attached hydrogens (tertiary/aromatic N) is 2. The van der Waals surface area contributed by atoms with E-state index >= 15 is 4.39 Å². The highest BCUT2D eigenvalue weighted by atomic mass is 32.2. The van der Waals surface area contributed by atoms with Gasteiger partial charge in [0.15, 0.2) is 0 Å². The molecular formula is C32H42F2N4O6S. The molecule has 3 aliphatic rings. The Morgan fingerprint density at radius 2 is 1.78 bits per heavy atom. The summed E-state index contributed by atoms with van der Waals surface area (Å²) in [7, 11) is -2.38. The molecule has 2 aliphatic heterocycles. The monoisotopic (exact) mass is 648 g/mol. The molecule has 2 heterocycles. The molecule has 0 unspecified atom stereocenters. The first-order valence-electron chi connectivity index (χ1n) is 15.6. The first-order valence-corrected chi connectivity index (χ1v) is 17.1. The quantitative estimate of drug-likeness (QED) is 0.399. The number of nitrogens with one attached hydrogen (secondary N) is 1. The lowest BCUT2D eigenvalue weighted by Gasteiger charge is -2.40. The fourth-order valence-corrected chi connectivity index (χ4v) is 9.02. The molecule has 0 bridgehead atoms. The first kappa shape index (κ1) is 33.4. The summed E-state index contributed by atoms with van der Waals surface area (Å²) in [5.74, 6) is -2.54. The van der Waals surface area contributed by atoms with E-state index in [0.29, 0.717) is 57.6 Å². The van der Waals surface area contributed by atoms with Gasteiger partial charge in [-0.1, -0.05) is 18.2 Å². The summed E-state index contributed by atoms with van der Waals surface area (Å²) < 4.78 is 68.1. The smallest absolute Gasteiger partial charge is 0.420 e. The minimum absolute atomic E-state index is 0.0134. The van der Waals surface area contributed by atoms with E-state index in [9.17, 15) is 22.4 Å². The minimum Gasteiger partial charge on any atom is -0.452 e. The molecule has 13 heteroatoms. The second-order valence-electron chi connectivity index (χ2n) is 12.2. The molecule has 4 atom stereocenters. The fraction of sp³-hybridized carbons (Fsp3) is 0.562. The number of methoxy groups -OCH3 is 1. The lowest BCUT2D eigenvalue weighted by molar-refractivity contribution is -0.120. The van der Waals surface area contributed by atoms with Crippen molar-refractivity contribution in [1.29, 1.82) is 0 Å². The molecule has 45 heavy (non-hydrogen) atoms. The number of halogens is 2. The van der Waals surface area contributed by atoms with Gasteiger partial charge in [-0.25, -0.2) is 26.9 Å². The van der Waals surface area contributed by atoms with Crippen LogP contribution in [0.15, 0.2) is 42.5 Å². The van der Waals surface area contributed by atoms with Crippen molar-refractivity contribution in [2.24, 2.45) is 11.7 Å². The standard InChI is InChI=1S/C32H42F2N4O6S/c1-20-18-36-19-24(38(20)45(41,42)25-11-12-25)10-13-26-27(34)4-3-5-28(26)37(32(40)43-2)31(39)30(35)29(22-14-16-44-17-15-22)21-6-8-23(33)9-7-21/h3-9,20,22,24-25,29-30,36H,10-19,35H2,1-2H3/t20-,24-,29-,30-/m0/s1. The molecule has 246 valence electrons. The zero-order chi connectivity index (χ0) is 32.3. The zero-order valence-electron chi connectivity index (χ0n) is 25.7. The lowest BCUT2D eigenvalue weighted by Crippen LogP contribution is -2.59. The molecule has 2 amide bonds. The average molecular weight is 649 g/mol. The number of carbonyl (C=O) groups excluding carboxylic acids is 2. The molecule has 10 nitrogen and oxygen atoms in total. The van der Waals surface area contributed by atoms with Gasteiger partial charge in [-0.2, -0.15) is 4.31 Å². The van der Waals surface area contributed by atoms with Crippen molar-refractivity contribution in [2.75, 3.05) is 38.3 Å². The van der Waals surface area contributed by atoms with E-state index in [2.05, 4.69) is 5.32 Å². The third-order valence-corrected chi connectivity index (χ3v) is 11.8. The molecular weight excluding hydrogens is 606 g/mol. The number of carbonyl (C=O) groups is 2. The van der Waals surface area contributed by atoms with Crippen molar-refractivity contribution in [2.45, 2.75) is 74.7 Å². The molecule has 0 radical (unpaired) electrons. The number of piperazine rings is 1. The van der Waals surface area contributed by atoms with E-state index in [0.717, 1.165) is 12.0 Å². The number of rotatable bonds is 10. The maximum atomic E-state index is 15.6. The number of amides is 2. The minimum atomic E-state index is -3.51. The van der Waals surface area contributed by atoms with Crippen LogP contribution in [0, 0.1) is 17.6 Å². The van der Waals surface area contributed by atoms with Gasteiger partial charge < -0.3 is 20.5 Å². The summed E-state index contributed by atoms with van der Waals surface area (Å²) in [6.45, 7) is 3.70. The Morgan fingerprint density at radius 3 is 2.42 bits per heavy atom. The molecule has 3 fully saturated rings. The van der Waals surface area contributed by atoms with Crippen LogP contribution in [0.4, 0.5) is 19.3 Å². The van der Waals surface area contributed by atoms with Gasteiger partial charge in [-0.05, 0) is 81.2 Å². The van der Waals surface area contributed by atoms with E-state index in [4.69, 9.17) is 15.2 Å². The lowest BCUT2D eigenvalue weighted by atomic mass is 9.76. The molecule has 0 aromatic heterocycles. The Kier molecular flexibility index (Phi) is 10.5. The summed E-state index contributed by atoms with van der Waals surface area (Å²) in [6, 6.07) is 7.90. The van der Waals surface area contributed by atoms with Crippen LogP contribution in [0.1, 0.15) is 56.1 Å². The highest BCUT2D eigenvalue weighted by Crippen LogP contribution is 2.38. The largest absolute Gasteiger partial charge is 0.452 e. The van der Waals surface area contributed by atoms with Crippen molar-refractivity contribution in [3.63, 3.8) is 0 Å². The number of ether oxygens (including phenoxy) is 2. The Bertz CT molecular complexity index is 1470. The van der Waals surface area contributed by atoms with Gasteiger partial charge in [0.25, 0.3) is 5.91 Å². The van der Waals surface area contributed by atoms with Crippen molar-refractivity contribution in [1.82, 2.24) is 9.62 Å². The second-order valence-corrected chi connectivity index (χ2v) is 14.3. The van der Waals surface area contributed by atoms with E-state index in [1.54, 1.807) is 16.4 Å². The third-order valence-electron chi connectivity index (χ3n) is 9.19. The molecule has 3 N–H and O–H groups in total. The predicted molar refractivity (Wildman–Crippen MR) is 165 cm³/mol. The normalized spacial score (nSPS) is 22.9. The summed E-state index contributed by atoms with van der Waals surface area (Å²) in [4.78, 5) is 28.3. The Labute approximate surface area is 263 Å².